The van der Waals surface area contributed by atoms with Crippen LogP contribution in [0.1, 0.15) is 31.7 Å². The van der Waals surface area contributed by atoms with Gasteiger partial charge in [0.15, 0.2) is 0 Å². The molecule has 0 aliphatic carbocycles. The van der Waals surface area contributed by atoms with Gasteiger partial charge in [-0.15, -0.1) is 12.4 Å². The SMILES string of the molecule is Cc1cc(NC(=O)CC(C)C2CCCNC2)ccc1F.Cl. The lowest BCUT2D eigenvalue weighted by atomic mass is 9.85. The molecule has 1 aliphatic heterocycles. The normalized spacial score (nSPS) is 19.5. The molecule has 5 heteroatoms. The van der Waals surface area contributed by atoms with Crippen LogP contribution < -0.4 is 10.6 Å². The van der Waals surface area contributed by atoms with E-state index in [1.807, 2.05) is 0 Å². The third kappa shape index (κ3) is 5.29. The maximum absolute atomic E-state index is 13.2. The van der Waals surface area contributed by atoms with E-state index in [4.69, 9.17) is 0 Å². The first kappa shape index (κ1) is 17.9. The second-order valence-electron chi connectivity index (χ2n) is 5.80. The monoisotopic (exact) mass is 314 g/mol. The summed E-state index contributed by atoms with van der Waals surface area (Å²) in [6.45, 7) is 5.92. The summed E-state index contributed by atoms with van der Waals surface area (Å²) >= 11 is 0. The van der Waals surface area contributed by atoms with Crippen molar-refractivity contribution in [2.45, 2.75) is 33.1 Å². The first-order chi connectivity index (χ1) is 9.56. The number of piperidine rings is 1. The smallest absolute Gasteiger partial charge is 0.224 e. The van der Waals surface area contributed by atoms with Crippen LogP contribution in [0.3, 0.4) is 0 Å². The molecule has 2 rings (SSSR count). The van der Waals surface area contributed by atoms with Gasteiger partial charge in [-0.25, -0.2) is 4.39 Å². The molecular formula is C16H24ClFN2O. The number of amides is 1. The van der Waals surface area contributed by atoms with Crippen molar-refractivity contribution >= 4 is 24.0 Å². The van der Waals surface area contributed by atoms with E-state index in [9.17, 15) is 9.18 Å². The standard InChI is InChI=1S/C16H23FN2O.ClH/c1-11(13-4-3-7-18-10-13)9-16(20)19-14-5-6-15(17)12(2)8-14;/h5-6,8,11,13,18H,3-4,7,9-10H2,1-2H3,(H,19,20);1H. The number of halogens is 2. The number of benzene rings is 1. The molecule has 2 atom stereocenters. The largest absolute Gasteiger partial charge is 0.326 e. The number of anilines is 1. The van der Waals surface area contributed by atoms with Gasteiger partial charge in [-0.3, -0.25) is 4.79 Å². The maximum Gasteiger partial charge on any atom is 0.224 e. The van der Waals surface area contributed by atoms with E-state index in [-0.39, 0.29) is 24.1 Å². The molecule has 0 spiro atoms. The first-order valence-electron chi connectivity index (χ1n) is 7.33. The van der Waals surface area contributed by atoms with E-state index in [0.29, 0.717) is 29.5 Å². The second-order valence-corrected chi connectivity index (χ2v) is 5.80. The third-order valence-corrected chi connectivity index (χ3v) is 4.09. The Bertz CT molecular complexity index is 475. The van der Waals surface area contributed by atoms with Crippen molar-refractivity contribution in [3.05, 3.63) is 29.6 Å². The average molecular weight is 315 g/mol. The van der Waals surface area contributed by atoms with E-state index >= 15 is 0 Å². The molecule has 0 radical (unpaired) electrons. The minimum atomic E-state index is -0.246. The lowest BCUT2D eigenvalue weighted by Crippen LogP contribution is -2.34. The highest BCUT2D eigenvalue weighted by Crippen LogP contribution is 2.23. The summed E-state index contributed by atoms with van der Waals surface area (Å²) in [5.74, 6) is 0.701. The topological polar surface area (TPSA) is 41.1 Å². The fourth-order valence-electron chi connectivity index (χ4n) is 2.76. The molecule has 1 saturated heterocycles. The van der Waals surface area contributed by atoms with Gasteiger partial charge in [-0.2, -0.15) is 0 Å². The molecule has 0 bridgehead atoms. The van der Waals surface area contributed by atoms with Gasteiger partial charge in [-0.1, -0.05) is 6.92 Å². The number of rotatable bonds is 4. The Morgan fingerprint density at radius 2 is 2.29 bits per heavy atom. The Morgan fingerprint density at radius 3 is 2.90 bits per heavy atom. The van der Waals surface area contributed by atoms with E-state index in [2.05, 4.69) is 17.6 Å². The fourth-order valence-corrected chi connectivity index (χ4v) is 2.76. The van der Waals surface area contributed by atoms with E-state index in [1.165, 1.54) is 18.9 Å². The van der Waals surface area contributed by atoms with E-state index in [0.717, 1.165) is 13.1 Å². The predicted molar refractivity (Wildman–Crippen MR) is 86.4 cm³/mol. The van der Waals surface area contributed by atoms with Crippen LogP contribution in [0, 0.1) is 24.6 Å². The van der Waals surface area contributed by atoms with Crippen molar-refractivity contribution in [1.29, 1.82) is 0 Å². The summed E-state index contributed by atoms with van der Waals surface area (Å²) in [6, 6.07) is 4.66. The summed E-state index contributed by atoms with van der Waals surface area (Å²) < 4.78 is 13.2. The molecule has 1 aromatic carbocycles. The van der Waals surface area contributed by atoms with Gasteiger partial charge in [0.25, 0.3) is 0 Å². The maximum atomic E-state index is 13.2. The van der Waals surface area contributed by atoms with Gasteiger partial charge in [0.05, 0.1) is 0 Å². The highest BCUT2D eigenvalue weighted by Gasteiger charge is 2.22. The summed E-state index contributed by atoms with van der Waals surface area (Å²) in [7, 11) is 0. The molecule has 1 aliphatic rings. The Balaban J connectivity index is 0.00000220. The quantitative estimate of drug-likeness (QED) is 0.893. The molecule has 1 heterocycles. The lowest BCUT2D eigenvalue weighted by Gasteiger charge is -2.28. The van der Waals surface area contributed by atoms with Gasteiger partial charge in [0.2, 0.25) is 5.91 Å². The molecule has 3 nitrogen and oxygen atoms in total. The fraction of sp³-hybridized carbons (Fsp3) is 0.562. The van der Waals surface area contributed by atoms with Crippen LogP contribution in [0.4, 0.5) is 10.1 Å². The van der Waals surface area contributed by atoms with Gasteiger partial charge < -0.3 is 10.6 Å². The Kier molecular flexibility index (Phi) is 7.12. The van der Waals surface area contributed by atoms with Crippen LogP contribution in [-0.2, 0) is 4.79 Å². The molecule has 2 unspecified atom stereocenters. The highest BCUT2D eigenvalue weighted by atomic mass is 35.5. The molecule has 1 aromatic rings. The minimum Gasteiger partial charge on any atom is -0.326 e. The first-order valence-corrected chi connectivity index (χ1v) is 7.33. The van der Waals surface area contributed by atoms with Crippen molar-refractivity contribution in [2.75, 3.05) is 18.4 Å². The zero-order chi connectivity index (χ0) is 14.5. The zero-order valence-electron chi connectivity index (χ0n) is 12.6. The Hall–Kier alpha value is -1.13. The van der Waals surface area contributed by atoms with Crippen LogP contribution in [0.15, 0.2) is 18.2 Å². The molecular weight excluding hydrogens is 291 g/mol. The van der Waals surface area contributed by atoms with Crippen molar-refractivity contribution in [1.82, 2.24) is 5.32 Å². The summed E-state index contributed by atoms with van der Waals surface area (Å²) in [5.41, 5.74) is 1.22. The molecule has 2 N–H and O–H groups in total. The summed E-state index contributed by atoms with van der Waals surface area (Å²) in [4.78, 5) is 12.0. The van der Waals surface area contributed by atoms with Crippen molar-refractivity contribution in [2.24, 2.45) is 11.8 Å². The van der Waals surface area contributed by atoms with Crippen molar-refractivity contribution in [3.63, 3.8) is 0 Å². The van der Waals surface area contributed by atoms with Gasteiger partial charge in [-0.05, 0) is 68.5 Å². The van der Waals surface area contributed by atoms with Crippen LogP contribution in [-0.4, -0.2) is 19.0 Å². The Morgan fingerprint density at radius 1 is 1.52 bits per heavy atom. The van der Waals surface area contributed by atoms with E-state index < -0.39 is 0 Å². The molecule has 21 heavy (non-hydrogen) atoms. The zero-order valence-corrected chi connectivity index (χ0v) is 13.4. The molecule has 0 saturated carbocycles. The molecule has 1 fully saturated rings. The predicted octanol–water partition coefficient (Wildman–Crippen LogP) is 3.52. The summed E-state index contributed by atoms with van der Waals surface area (Å²) in [6.07, 6.45) is 2.90. The second kappa shape index (κ2) is 8.35. The number of hydrogen-bond donors (Lipinski definition) is 2. The van der Waals surface area contributed by atoms with E-state index in [1.54, 1.807) is 19.1 Å². The lowest BCUT2D eigenvalue weighted by molar-refractivity contribution is -0.117. The van der Waals surface area contributed by atoms with Crippen LogP contribution in [0.5, 0.6) is 0 Å². The summed E-state index contributed by atoms with van der Waals surface area (Å²) in [5, 5.41) is 6.23. The number of hydrogen-bond acceptors (Lipinski definition) is 2. The van der Waals surface area contributed by atoms with Crippen LogP contribution in [0.2, 0.25) is 0 Å². The number of nitrogens with one attached hydrogen (secondary N) is 2. The van der Waals surface area contributed by atoms with Crippen molar-refractivity contribution < 1.29 is 9.18 Å². The average Bonchev–Trinajstić information content (AvgIpc) is 2.44. The highest BCUT2D eigenvalue weighted by molar-refractivity contribution is 5.90. The molecule has 0 aromatic heterocycles. The molecule has 1 amide bonds. The molecule has 118 valence electrons. The number of aryl methyl sites for hydroxylation is 1. The van der Waals surface area contributed by atoms with Gasteiger partial charge >= 0.3 is 0 Å². The van der Waals surface area contributed by atoms with Crippen molar-refractivity contribution in [3.8, 4) is 0 Å². The van der Waals surface area contributed by atoms with Crippen LogP contribution >= 0.6 is 12.4 Å². The Labute approximate surface area is 132 Å². The number of carbonyl (C=O) groups excluding carboxylic acids is 1. The third-order valence-electron chi connectivity index (χ3n) is 4.09. The minimum absolute atomic E-state index is 0. The van der Waals surface area contributed by atoms with Gasteiger partial charge in [0, 0.05) is 12.1 Å². The van der Waals surface area contributed by atoms with Crippen LogP contribution in [0.25, 0.3) is 0 Å². The van der Waals surface area contributed by atoms with Gasteiger partial charge in [0.1, 0.15) is 5.82 Å². The number of carbonyl (C=O) groups is 1.